The monoisotopic (exact) mass is 134 g/mol. The molecule has 0 aromatic heterocycles. The number of carboxylic acids is 1. The Morgan fingerprint density at radius 2 is 2.38 bits per heavy atom. The maximum atomic E-state index is 9.88. The quantitative estimate of drug-likeness (QED) is 0.579. The first-order valence-corrected chi connectivity index (χ1v) is 4.24. The van der Waals surface area contributed by atoms with Crippen LogP contribution in [0.25, 0.3) is 0 Å². The summed E-state index contributed by atoms with van der Waals surface area (Å²) in [6.07, 6.45) is 2.19. The van der Waals surface area contributed by atoms with Gasteiger partial charge in [0.25, 0.3) is 0 Å². The zero-order valence-electron chi connectivity index (χ0n) is 4.89. The molecule has 0 heterocycles. The van der Waals surface area contributed by atoms with E-state index in [0.717, 1.165) is 0 Å². The molecule has 0 radical (unpaired) electrons. The maximum Gasteiger partial charge on any atom is 0.304 e. The Hall–Kier alpha value is -0.310. The summed E-state index contributed by atoms with van der Waals surface area (Å²) in [7, 11) is 0.0330. The van der Waals surface area contributed by atoms with Crippen LogP contribution in [-0.4, -0.2) is 29.0 Å². The smallest absolute Gasteiger partial charge is 0.304 e. The first-order valence-electron chi connectivity index (χ1n) is 2.27. The molecular formula is C5H10O2S. The number of aliphatic carboxylic acids is 1. The molecule has 0 bridgehead atoms. The molecule has 0 rings (SSSR count). The lowest BCUT2D eigenvalue weighted by Crippen LogP contribution is -1.95. The Balaban J connectivity index is 3.18. The Morgan fingerprint density at radius 1 is 1.88 bits per heavy atom. The van der Waals surface area contributed by atoms with Crippen LogP contribution in [0.1, 0.15) is 6.42 Å². The third-order valence-corrected chi connectivity index (χ3v) is 1.57. The van der Waals surface area contributed by atoms with E-state index in [-0.39, 0.29) is 16.9 Å². The van der Waals surface area contributed by atoms with Crippen LogP contribution in [-0.2, 0) is 4.79 Å². The van der Waals surface area contributed by atoms with Crippen molar-refractivity contribution in [1.29, 1.82) is 0 Å². The number of hydrogen-bond donors (Lipinski definition) is 1. The highest BCUT2D eigenvalue weighted by molar-refractivity contribution is 8.13. The van der Waals surface area contributed by atoms with Crippen molar-refractivity contribution < 1.29 is 9.90 Å². The van der Waals surface area contributed by atoms with Crippen molar-refractivity contribution >= 4 is 22.3 Å². The van der Waals surface area contributed by atoms with Gasteiger partial charge in [-0.05, 0) is 12.0 Å². The molecule has 0 aliphatic rings. The standard InChI is InChI=1S/C5H10O2S/c1-8(2)4-3-5(6)7/h1,3-4H2,2H3,(H,6,7). The molecule has 0 aliphatic carbocycles. The summed E-state index contributed by atoms with van der Waals surface area (Å²) in [5.74, 6) is 3.65. The predicted octanol–water partition coefficient (Wildman–Crippen LogP) is 0.792. The Kier molecular flexibility index (Phi) is 3.52. The molecule has 2 nitrogen and oxygen atoms in total. The topological polar surface area (TPSA) is 37.3 Å². The molecule has 0 aromatic carbocycles. The van der Waals surface area contributed by atoms with Crippen LogP contribution in [0.2, 0.25) is 0 Å². The lowest BCUT2D eigenvalue weighted by Gasteiger charge is -1.92. The van der Waals surface area contributed by atoms with Crippen molar-refractivity contribution in [3.8, 4) is 0 Å². The lowest BCUT2D eigenvalue weighted by atomic mass is 10.5. The van der Waals surface area contributed by atoms with Crippen LogP contribution >= 0.6 is 10.5 Å². The summed E-state index contributed by atoms with van der Waals surface area (Å²) in [5, 5.41) is 8.14. The van der Waals surface area contributed by atoms with Gasteiger partial charge < -0.3 is 5.11 Å². The molecular weight excluding hydrogens is 124 g/mol. The highest BCUT2D eigenvalue weighted by Crippen LogP contribution is 2.02. The molecule has 0 amide bonds. The minimum absolute atomic E-state index is 0.0330. The molecule has 1 atom stereocenters. The second kappa shape index (κ2) is 3.66. The van der Waals surface area contributed by atoms with E-state index in [0.29, 0.717) is 5.75 Å². The van der Waals surface area contributed by atoms with Gasteiger partial charge in [0, 0.05) is 0 Å². The Labute approximate surface area is 51.4 Å². The van der Waals surface area contributed by atoms with Crippen LogP contribution in [0.3, 0.4) is 0 Å². The second-order valence-corrected chi connectivity index (χ2v) is 3.60. The van der Waals surface area contributed by atoms with Gasteiger partial charge in [-0.25, -0.2) is 0 Å². The highest BCUT2D eigenvalue weighted by atomic mass is 32.2. The summed E-state index contributed by atoms with van der Waals surface area (Å²) in [4.78, 5) is 9.88. The van der Waals surface area contributed by atoms with Gasteiger partial charge in [-0.3, -0.25) is 4.79 Å². The van der Waals surface area contributed by atoms with Gasteiger partial charge in [0.15, 0.2) is 0 Å². The predicted molar refractivity (Wildman–Crippen MR) is 37.8 cm³/mol. The Bertz CT molecular complexity index is 95.0. The van der Waals surface area contributed by atoms with Crippen LogP contribution in [0.4, 0.5) is 0 Å². The van der Waals surface area contributed by atoms with Crippen molar-refractivity contribution in [1.82, 2.24) is 0 Å². The van der Waals surface area contributed by atoms with Gasteiger partial charge in [-0.15, -0.1) is 0 Å². The summed E-state index contributed by atoms with van der Waals surface area (Å²) in [6.45, 7) is 0. The van der Waals surface area contributed by atoms with E-state index in [1.165, 1.54) is 0 Å². The fraction of sp³-hybridized carbons (Fsp3) is 0.600. The minimum Gasteiger partial charge on any atom is -0.481 e. The van der Waals surface area contributed by atoms with Gasteiger partial charge in [0.05, 0.1) is 6.42 Å². The van der Waals surface area contributed by atoms with E-state index in [1.807, 2.05) is 6.26 Å². The molecule has 0 aromatic rings. The van der Waals surface area contributed by atoms with E-state index in [2.05, 4.69) is 5.87 Å². The summed E-state index contributed by atoms with van der Waals surface area (Å²) in [5.41, 5.74) is 0. The van der Waals surface area contributed by atoms with E-state index in [4.69, 9.17) is 5.11 Å². The highest BCUT2D eigenvalue weighted by Gasteiger charge is 1.93. The minimum atomic E-state index is -0.729. The van der Waals surface area contributed by atoms with Gasteiger partial charge in [-0.2, -0.15) is 10.5 Å². The van der Waals surface area contributed by atoms with Gasteiger partial charge in [0.1, 0.15) is 0 Å². The summed E-state index contributed by atoms with van der Waals surface area (Å²) < 4.78 is 0. The molecule has 0 saturated heterocycles. The molecule has 3 heteroatoms. The number of hydrogen-bond acceptors (Lipinski definition) is 1. The van der Waals surface area contributed by atoms with E-state index in [1.54, 1.807) is 0 Å². The van der Waals surface area contributed by atoms with Crippen LogP contribution in [0, 0.1) is 0 Å². The molecule has 8 heavy (non-hydrogen) atoms. The zero-order valence-corrected chi connectivity index (χ0v) is 5.70. The van der Waals surface area contributed by atoms with Crippen molar-refractivity contribution in [3.63, 3.8) is 0 Å². The fourth-order valence-electron chi connectivity index (χ4n) is 0.262. The van der Waals surface area contributed by atoms with Gasteiger partial charge >= 0.3 is 5.97 Å². The first-order chi connectivity index (χ1) is 3.63. The van der Waals surface area contributed by atoms with Crippen molar-refractivity contribution in [2.45, 2.75) is 6.42 Å². The van der Waals surface area contributed by atoms with Crippen molar-refractivity contribution in [3.05, 3.63) is 0 Å². The molecule has 0 fully saturated rings. The zero-order chi connectivity index (χ0) is 6.57. The fourth-order valence-corrected chi connectivity index (χ4v) is 0.785. The molecule has 1 N–H and O–H groups in total. The average molecular weight is 134 g/mol. The van der Waals surface area contributed by atoms with Crippen molar-refractivity contribution in [2.75, 3.05) is 12.0 Å². The third-order valence-electron chi connectivity index (χ3n) is 0.664. The molecule has 0 saturated carbocycles. The van der Waals surface area contributed by atoms with Gasteiger partial charge in [-0.1, -0.05) is 5.87 Å². The second-order valence-electron chi connectivity index (χ2n) is 1.63. The first kappa shape index (κ1) is 7.69. The van der Waals surface area contributed by atoms with E-state index < -0.39 is 5.97 Å². The lowest BCUT2D eigenvalue weighted by molar-refractivity contribution is -0.136. The van der Waals surface area contributed by atoms with Crippen LogP contribution < -0.4 is 0 Å². The number of carboxylic acid groups (broad SMARTS) is 1. The summed E-state index contributed by atoms with van der Waals surface area (Å²) >= 11 is 0. The molecule has 1 unspecified atom stereocenters. The van der Waals surface area contributed by atoms with E-state index in [9.17, 15) is 4.79 Å². The number of carbonyl (C=O) groups is 1. The Morgan fingerprint density at radius 3 is 2.50 bits per heavy atom. The molecule has 48 valence electrons. The average Bonchev–Trinajstić information content (AvgIpc) is 1.61. The normalized spacial score (nSPS) is 13.1. The maximum absolute atomic E-state index is 9.88. The summed E-state index contributed by atoms with van der Waals surface area (Å²) in [6, 6.07) is 0. The SMILES string of the molecule is C=S(C)CCC(=O)O. The largest absolute Gasteiger partial charge is 0.481 e. The number of rotatable bonds is 3. The molecule has 0 spiro atoms. The van der Waals surface area contributed by atoms with Gasteiger partial charge in [0.2, 0.25) is 0 Å². The molecule has 0 aliphatic heterocycles. The van der Waals surface area contributed by atoms with Crippen LogP contribution in [0.15, 0.2) is 0 Å². The van der Waals surface area contributed by atoms with E-state index >= 15 is 0 Å². The van der Waals surface area contributed by atoms with Crippen molar-refractivity contribution in [2.24, 2.45) is 0 Å². The van der Waals surface area contributed by atoms with Crippen LogP contribution in [0.5, 0.6) is 0 Å². The third kappa shape index (κ3) is 5.69.